The molecule has 0 fully saturated rings. The van der Waals surface area contributed by atoms with E-state index >= 15 is 0 Å². The number of urea groups is 1. The van der Waals surface area contributed by atoms with Gasteiger partial charge < -0.3 is 43.0 Å². The summed E-state index contributed by atoms with van der Waals surface area (Å²) >= 11 is 0. The van der Waals surface area contributed by atoms with E-state index in [9.17, 15) is 28.8 Å². The van der Waals surface area contributed by atoms with Gasteiger partial charge >= 0.3 is 12.0 Å². The number of esters is 1. The second-order valence-electron chi connectivity index (χ2n) is 12.3. The third-order valence-corrected chi connectivity index (χ3v) is 5.68. The Bertz CT molecular complexity index is 999. The molecule has 0 aliphatic heterocycles. The maximum absolute atomic E-state index is 13.0. The van der Waals surface area contributed by atoms with Gasteiger partial charge in [0.15, 0.2) is 0 Å². The topological polar surface area (TPSA) is 162 Å². The number of carbonyl (C=O) groups excluding carboxylic acids is 6. The van der Waals surface area contributed by atoms with Crippen molar-refractivity contribution in [1.29, 1.82) is 0 Å². The molecule has 0 saturated carbocycles. The van der Waals surface area contributed by atoms with Crippen molar-refractivity contribution in [2.24, 2.45) is 35.3 Å². The first-order valence-electron chi connectivity index (χ1n) is 15.8. The first kappa shape index (κ1) is 56.0. The fourth-order valence-electron chi connectivity index (χ4n) is 3.34. The van der Waals surface area contributed by atoms with Gasteiger partial charge in [-0.2, -0.15) is 34.6 Å². The van der Waals surface area contributed by atoms with E-state index in [1.54, 1.807) is 64.5 Å². The van der Waals surface area contributed by atoms with Gasteiger partial charge in [0.25, 0.3) is 0 Å². The van der Waals surface area contributed by atoms with Crippen LogP contribution in [0.25, 0.3) is 0 Å². The van der Waals surface area contributed by atoms with Crippen LogP contribution < -0.4 is 16.4 Å². The molecule has 0 aromatic heterocycles. The summed E-state index contributed by atoms with van der Waals surface area (Å²) in [6.45, 7) is 21.5. The molecule has 12 heteroatoms. The molecule has 0 bridgehead atoms. The zero-order valence-electron chi connectivity index (χ0n) is 31.1. The SMILES string of the molecule is CC(C)C(=O)OCc1ccc(NC(=O)[C@H](CCCNC(N)=O)CC(=O)[C@@H](C[C-]=O)C(C)C)cc1.CC(C)[C-]=O.C[C-](C)C.C[CH-]C.[Y].[Y]. The summed E-state index contributed by atoms with van der Waals surface area (Å²) in [4.78, 5) is 68.5. The van der Waals surface area contributed by atoms with Crippen LogP contribution in [0.3, 0.4) is 0 Å². The van der Waals surface area contributed by atoms with E-state index in [2.05, 4.69) is 31.4 Å². The average molecular weight is 824 g/mol. The number of nitrogens with two attached hydrogens (primary N) is 1. The van der Waals surface area contributed by atoms with Crippen LogP contribution in [0.1, 0.15) is 107 Å². The molecule has 10 nitrogen and oxygen atoms in total. The Hall–Kier alpha value is -1.35. The van der Waals surface area contributed by atoms with Crippen molar-refractivity contribution in [1.82, 2.24) is 5.32 Å². The van der Waals surface area contributed by atoms with Gasteiger partial charge in [-0.25, -0.2) is 4.79 Å². The van der Waals surface area contributed by atoms with Crippen LogP contribution in [0.4, 0.5) is 10.5 Å². The third kappa shape index (κ3) is 34.5. The molecule has 0 aliphatic rings. The summed E-state index contributed by atoms with van der Waals surface area (Å²) in [5.74, 6) is -0.681. The Balaban J connectivity index is -0.000000378. The number of rotatable bonds is 16. The molecular weight excluding hydrogens is 764 g/mol. The number of hydrogen-bond acceptors (Lipinski definition) is 7. The zero-order chi connectivity index (χ0) is 36.2. The van der Waals surface area contributed by atoms with Crippen molar-refractivity contribution in [2.75, 3.05) is 11.9 Å². The molecule has 1 rings (SSSR count). The average Bonchev–Trinajstić information content (AvgIpc) is 2.96. The van der Waals surface area contributed by atoms with Crippen molar-refractivity contribution in [3.05, 3.63) is 42.2 Å². The van der Waals surface area contributed by atoms with E-state index < -0.39 is 17.9 Å². The van der Waals surface area contributed by atoms with E-state index in [-0.39, 0.29) is 127 Å². The normalized spacial score (nSPS) is 11.0. The molecule has 270 valence electrons. The Kier molecular flexibility index (Phi) is 41.4. The number of nitrogens with one attached hydrogen (secondary N) is 2. The van der Waals surface area contributed by atoms with E-state index in [0.29, 0.717) is 18.5 Å². The van der Waals surface area contributed by atoms with Crippen molar-refractivity contribution in [3.8, 4) is 0 Å². The zero-order valence-corrected chi connectivity index (χ0v) is 36.8. The number of primary amides is 1. The van der Waals surface area contributed by atoms with Crippen LogP contribution in [0.2, 0.25) is 0 Å². The second kappa shape index (κ2) is 35.5. The number of Topliss-reactive ketones (excluding diaryl/α,β-unsaturated/α-hetero) is 1. The van der Waals surface area contributed by atoms with Gasteiger partial charge in [0.2, 0.25) is 5.91 Å². The maximum Gasteiger partial charge on any atom is 0.312 e. The van der Waals surface area contributed by atoms with Crippen molar-refractivity contribution in [3.63, 3.8) is 0 Å². The Morgan fingerprint density at radius 2 is 1.42 bits per heavy atom. The fraction of sp³-hybridized carbons (Fsp3) is 0.611. The van der Waals surface area contributed by atoms with Crippen molar-refractivity contribution < 1.29 is 98.9 Å². The predicted molar refractivity (Wildman–Crippen MR) is 185 cm³/mol. The fourth-order valence-corrected chi connectivity index (χ4v) is 3.34. The molecule has 4 N–H and O–H groups in total. The predicted octanol–water partition coefficient (Wildman–Crippen LogP) is 6.72. The Morgan fingerprint density at radius 1 is 0.938 bits per heavy atom. The van der Waals surface area contributed by atoms with Crippen LogP contribution in [0.5, 0.6) is 0 Å². The largest absolute Gasteiger partial charge is 0.542 e. The molecule has 0 aliphatic carbocycles. The molecule has 3 amide bonds. The number of ether oxygens (including phenoxy) is 1. The Morgan fingerprint density at radius 3 is 1.79 bits per heavy atom. The monoisotopic (exact) mass is 823 g/mol. The smallest absolute Gasteiger partial charge is 0.312 e. The molecule has 0 saturated heterocycles. The van der Waals surface area contributed by atoms with Crippen molar-refractivity contribution >= 4 is 42.0 Å². The molecule has 0 spiro atoms. The summed E-state index contributed by atoms with van der Waals surface area (Å²) in [5.41, 5.74) is 6.39. The maximum atomic E-state index is 13.0. The summed E-state index contributed by atoms with van der Waals surface area (Å²) in [5, 5.41) is 5.29. The quantitative estimate of drug-likeness (QED) is 0.0948. The number of hydrogen-bond donors (Lipinski definition) is 3. The van der Waals surface area contributed by atoms with E-state index in [1.165, 1.54) is 5.92 Å². The first-order valence-corrected chi connectivity index (χ1v) is 15.8. The second-order valence-corrected chi connectivity index (χ2v) is 12.3. The summed E-state index contributed by atoms with van der Waals surface area (Å²) in [6.07, 6.45) is 6.38. The molecule has 2 radical (unpaired) electrons. The molecule has 1 aromatic carbocycles. The van der Waals surface area contributed by atoms with Crippen LogP contribution in [0, 0.1) is 41.9 Å². The number of ketones is 1. The van der Waals surface area contributed by atoms with Crippen LogP contribution in [0.15, 0.2) is 24.3 Å². The molecule has 1 aromatic rings. The number of carbonyl (C=O) groups is 4. The molecular formula is C36H59N3O7Y2-4. The van der Waals surface area contributed by atoms with Gasteiger partial charge in [-0.15, -0.1) is 12.3 Å². The van der Waals surface area contributed by atoms with Gasteiger partial charge in [-0.05, 0) is 42.4 Å². The standard InChI is InChI=1S/C25H36N3O6.C4H7O.C4H9.C3H7.2Y/c1-16(2)21(11-13-29)22(30)14-19(6-5-12-27-25(26)33)23(31)28-20-9-7-18(8-10-20)15-34-24(32)17(3)4;1-4(2)3-5;1-4(2)3;1-3-2;;/h7-10,16-17,19,21H,5-6,11-12,14-15H2,1-4H3,(H,28,31)(H3,26,27,33);4H,1-2H3;1-3H3;3H,1-2H3;;/q4*-1;;/t19-,21+;;;;;/m1...../s1. The number of anilines is 1. The van der Waals surface area contributed by atoms with E-state index in [0.717, 1.165) is 5.56 Å². The van der Waals surface area contributed by atoms with Crippen LogP contribution in [-0.4, -0.2) is 42.8 Å². The van der Waals surface area contributed by atoms with Gasteiger partial charge in [0.1, 0.15) is 12.4 Å². The minimum absolute atomic E-state index is 0. The minimum Gasteiger partial charge on any atom is -0.542 e. The van der Waals surface area contributed by atoms with Gasteiger partial charge in [0.05, 0.1) is 5.92 Å². The van der Waals surface area contributed by atoms with Gasteiger partial charge in [-0.3, -0.25) is 27.0 Å². The first-order chi connectivity index (χ1) is 21.5. The summed E-state index contributed by atoms with van der Waals surface area (Å²) < 4.78 is 5.20. The summed E-state index contributed by atoms with van der Waals surface area (Å²) in [6, 6.07) is 6.23. The molecule has 0 unspecified atom stereocenters. The van der Waals surface area contributed by atoms with E-state index in [4.69, 9.17) is 10.5 Å². The van der Waals surface area contributed by atoms with Crippen LogP contribution in [-0.2, 0) is 101 Å². The third-order valence-electron chi connectivity index (χ3n) is 5.68. The van der Waals surface area contributed by atoms with E-state index in [1.807, 2.05) is 34.1 Å². The summed E-state index contributed by atoms with van der Waals surface area (Å²) in [7, 11) is 0. The number of benzene rings is 1. The molecule has 0 heterocycles. The molecule has 48 heavy (non-hydrogen) atoms. The minimum atomic E-state index is -0.655. The van der Waals surface area contributed by atoms with Gasteiger partial charge in [0, 0.05) is 90.0 Å². The number of amides is 3. The van der Waals surface area contributed by atoms with Crippen molar-refractivity contribution in [2.45, 2.75) is 108 Å². The van der Waals surface area contributed by atoms with Crippen LogP contribution >= 0.6 is 0 Å². The van der Waals surface area contributed by atoms with Gasteiger partial charge in [-0.1, -0.05) is 53.7 Å². The molecule has 2 atom stereocenters. The Labute approximate surface area is 341 Å².